The number of hydrogen-bond donors (Lipinski definition) is 3. The van der Waals surface area contributed by atoms with E-state index in [-0.39, 0.29) is 30.9 Å². The summed E-state index contributed by atoms with van der Waals surface area (Å²) in [6.07, 6.45) is 3.02. The Morgan fingerprint density at radius 2 is 2.12 bits per heavy atom. The predicted octanol–water partition coefficient (Wildman–Crippen LogP) is 1.94. The van der Waals surface area contributed by atoms with Crippen molar-refractivity contribution in [3.63, 3.8) is 0 Å². The average molecular weight is 368 g/mol. The van der Waals surface area contributed by atoms with E-state index in [1.165, 1.54) is 0 Å². The summed E-state index contributed by atoms with van der Waals surface area (Å²) in [5.74, 6) is -0.683. The molecule has 2 rings (SSSR count). The molecule has 1 saturated heterocycles. The minimum absolute atomic E-state index is 0.148. The van der Waals surface area contributed by atoms with Crippen LogP contribution in [0.1, 0.15) is 31.2 Å². The second-order valence-electron chi connectivity index (χ2n) is 6.41. The third-order valence-electron chi connectivity index (χ3n) is 4.46. The second kappa shape index (κ2) is 9.75. The maximum Gasteiger partial charge on any atom is 0.233 e. The fourth-order valence-electron chi connectivity index (χ4n) is 2.98. The number of halogens is 1. The molecule has 2 amide bonds. The first kappa shape index (κ1) is 19.7. The maximum atomic E-state index is 11.9. The van der Waals surface area contributed by atoms with Crippen LogP contribution in [0.25, 0.3) is 0 Å². The maximum absolute atomic E-state index is 11.9. The molecule has 1 aliphatic heterocycles. The Hall–Kier alpha value is -1.63. The van der Waals surface area contributed by atoms with Crippen molar-refractivity contribution in [3.8, 4) is 0 Å². The van der Waals surface area contributed by atoms with Crippen LogP contribution in [0.15, 0.2) is 18.2 Å². The summed E-state index contributed by atoms with van der Waals surface area (Å²) in [6, 6.07) is 5.41. The van der Waals surface area contributed by atoms with Crippen LogP contribution < -0.4 is 10.6 Å². The lowest BCUT2D eigenvalue weighted by atomic mass is 10.0. The van der Waals surface area contributed by atoms with Gasteiger partial charge in [-0.1, -0.05) is 24.1 Å². The minimum atomic E-state index is -0.372. The van der Waals surface area contributed by atoms with Gasteiger partial charge in [0.1, 0.15) is 6.42 Å². The van der Waals surface area contributed by atoms with E-state index in [1.807, 2.05) is 13.0 Å². The highest BCUT2D eigenvalue weighted by Gasteiger charge is 2.21. The number of aliphatic hydroxyl groups excluding tert-OH is 1. The van der Waals surface area contributed by atoms with Gasteiger partial charge in [0.05, 0.1) is 6.61 Å². The van der Waals surface area contributed by atoms with Gasteiger partial charge in [0.15, 0.2) is 0 Å². The van der Waals surface area contributed by atoms with Gasteiger partial charge in [0, 0.05) is 29.8 Å². The molecule has 0 spiro atoms. The van der Waals surface area contributed by atoms with E-state index >= 15 is 0 Å². The lowest BCUT2D eigenvalue weighted by Gasteiger charge is -2.34. The van der Waals surface area contributed by atoms with Gasteiger partial charge in [-0.25, -0.2) is 0 Å². The number of amides is 2. The summed E-state index contributed by atoms with van der Waals surface area (Å²) in [4.78, 5) is 26.0. The Kier molecular flexibility index (Phi) is 7.68. The smallest absolute Gasteiger partial charge is 0.233 e. The monoisotopic (exact) mass is 367 g/mol. The normalized spacial score (nSPS) is 18.0. The molecule has 0 saturated carbocycles. The van der Waals surface area contributed by atoms with Crippen LogP contribution in [0.4, 0.5) is 5.69 Å². The summed E-state index contributed by atoms with van der Waals surface area (Å²) in [6.45, 7) is 4.13. The van der Waals surface area contributed by atoms with Crippen molar-refractivity contribution in [2.24, 2.45) is 0 Å². The van der Waals surface area contributed by atoms with Crippen LogP contribution in [0, 0.1) is 6.92 Å². The molecule has 7 heteroatoms. The molecule has 1 aromatic carbocycles. The van der Waals surface area contributed by atoms with Crippen LogP contribution in [0.3, 0.4) is 0 Å². The van der Waals surface area contributed by atoms with E-state index in [9.17, 15) is 14.7 Å². The van der Waals surface area contributed by atoms with Gasteiger partial charge >= 0.3 is 0 Å². The molecule has 1 fully saturated rings. The number of anilines is 1. The van der Waals surface area contributed by atoms with Crippen molar-refractivity contribution in [1.82, 2.24) is 10.2 Å². The van der Waals surface area contributed by atoms with E-state index in [2.05, 4.69) is 15.5 Å². The molecule has 1 heterocycles. The zero-order valence-corrected chi connectivity index (χ0v) is 15.3. The van der Waals surface area contributed by atoms with Gasteiger partial charge < -0.3 is 15.7 Å². The van der Waals surface area contributed by atoms with E-state index in [1.54, 1.807) is 12.1 Å². The SMILES string of the molecule is Cc1ccc(NC(=O)CC(=O)NCCN2CCCC[C@@H]2CO)cc1Cl. The number of piperidine rings is 1. The molecule has 1 aromatic rings. The number of aliphatic hydroxyl groups is 1. The van der Waals surface area contributed by atoms with Gasteiger partial charge in [-0.15, -0.1) is 0 Å². The summed E-state index contributed by atoms with van der Waals surface area (Å²) >= 11 is 6.02. The van der Waals surface area contributed by atoms with Crippen LogP contribution in [-0.4, -0.2) is 54.1 Å². The molecular weight excluding hydrogens is 342 g/mol. The van der Waals surface area contributed by atoms with Gasteiger partial charge in [-0.3, -0.25) is 14.5 Å². The number of nitrogens with zero attached hydrogens (tertiary/aromatic N) is 1. The zero-order chi connectivity index (χ0) is 18.2. The molecule has 0 bridgehead atoms. The first-order chi connectivity index (χ1) is 12.0. The van der Waals surface area contributed by atoms with Crippen molar-refractivity contribution in [1.29, 1.82) is 0 Å². The molecule has 138 valence electrons. The van der Waals surface area contributed by atoms with Crippen LogP contribution in [0.5, 0.6) is 0 Å². The first-order valence-electron chi connectivity index (χ1n) is 8.67. The topological polar surface area (TPSA) is 81.7 Å². The number of carbonyl (C=O) groups excluding carboxylic acids is 2. The third kappa shape index (κ3) is 6.30. The molecular formula is C18H26ClN3O3. The van der Waals surface area contributed by atoms with E-state index in [0.717, 1.165) is 31.4 Å². The van der Waals surface area contributed by atoms with Crippen LogP contribution in [-0.2, 0) is 9.59 Å². The molecule has 0 unspecified atom stereocenters. The lowest BCUT2D eigenvalue weighted by Crippen LogP contribution is -2.45. The van der Waals surface area contributed by atoms with E-state index in [4.69, 9.17) is 11.6 Å². The number of rotatable bonds is 7. The molecule has 1 atom stereocenters. The highest BCUT2D eigenvalue weighted by atomic mass is 35.5. The summed E-state index contributed by atoms with van der Waals surface area (Å²) in [5.41, 5.74) is 1.50. The minimum Gasteiger partial charge on any atom is -0.395 e. The Morgan fingerprint density at radius 1 is 1.32 bits per heavy atom. The Bertz CT molecular complexity index is 609. The number of benzene rings is 1. The molecule has 25 heavy (non-hydrogen) atoms. The number of likely N-dealkylation sites (tertiary alicyclic amines) is 1. The molecule has 0 aliphatic carbocycles. The van der Waals surface area contributed by atoms with Gasteiger partial charge in [-0.05, 0) is 44.0 Å². The predicted molar refractivity (Wildman–Crippen MR) is 98.7 cm³/mol. The number of nitrogens with one attached hydrogen (secondary N) is 2. The molecule has 3 N–H and O–H groups in total. The van der Waals surface area contributed by atoms with Crippen molar-refractivity contribution < 1.29 is 14.7 Å². The summed E-state index contributed by atoms with van der Waals surface area (Å²) in [7, 11) is 0. The van der Waals surface area contributed by atoms with Crippen molar-refractivity contribution >= 4 is 29.1 Å². The quantitative estimate of drug-likeness (QED) is 0.643. The van der Waals surface area contributed by atoms with Crippen molar-refractivity contribution in [2.75, 3.05) is 31.6 Å². The lowest BCUT2D eigenvalue weighted by molar-refractivity contribution is -0.126. The summed E-state index contributed by atoms with van der Waals surface area (Å²) in [5, 5.41) is 15.4. The van der Waals surface area contributed by atoms with E-state index < -0.39 is 0 Å². The standard InChI is InChI=1S/C18H26ClN3O3/c1-13-5-6-14(10-16(13)19)21-18(25)11-17(24)20-7-9-22-8-3-2-4-15(22)12-23/h5-6,10,15,23H,2-4,7-9,11-12H2,1H3,(H,20,24)(H,21,25)/t15-/m1/s1. The Morgan fingerprint density at radius 3 is 2.84 bits per heavy atom. The third-order valence-corrected chi connectivity index (χ3v) is 4.86. The number of carbonyl (C=O) groups is 2. The molecule has 6 nitrogen and oxygen atoms in total. The average Bonchev–Trinajstić information content (AvgIpc) is 2.58. The second-order valence-corrected chi connectivity index (χ2v) is 6.81. The van der Waals surface area contributed by atoms with Crippen LogP contribution >= 0.6 is 11.6 Å². The Labute approximate surface area is 153 Å². The number of hydrogen-bond acceptors (Lipinski definition) is 4. The van der Waals surface area contributed by atoms with E-state index in [0.29, 0.717) is 23.8 Å². The van der Waals surface area contributed by atoms with Crippen molar-refractivity contribution in [2.45, 2.75) is 38.6 Å². The highest BCUT2D eigenvalue weighted by Crippen LogP contribution is 2.20. The van der Waals surface area contributed by atoms with Crippen molar-refractivity contribution in [3.05, 3.63) is 28.8 Å². The molecule has 0 radical (unpaired) electrons. The van der Waals surface area contributed by atoms with Crippen LogP contribution in [0.2, 0.25) is 5.02 Å². The first-order valence-corrected chi connectivity index (χ1v) is 9.05. The fraction of sp³-hybridized carbons (Fsp3) is 0.556. The largest absolute Gasteiger partial charge is 0.395 e. The van der Waals surface area contributed by atoms with Gasteiger partial charge in [-0.2, -0.15) is 0 Å². The molecule has 1 aliphatic rings. The molecule has 0 aromatic heterocycles. The summed E-state index contributed by atoms with van der Waals surface area (Å²) < 4.78 is 0. The Balaban J connectivity index is 1.70. The fourth-order valence-corrected chi connectivity index (χ4v) is 3.16. The van der Waals surface area contributed by atoms with Gasteiger partial charge in [0.25, 0.3) is 0 Å². The zero-order valence-electron chi connectivity index (χ0n) is 14.6. The van der Waals surface area contributed by atoms with Gasteiger partial charge in [0.2, 0.25) is 11.8 Å². The highest BCUT2D eigenvalue weighted by molar-refractivity contribution is 6.31. The number of aryl methyl sites for hydroxylation is 1.